The Morgan fingerprint density at radius 3 is 2.86 bits per heavy atom. The molecule has 0 bridgehead atoms. The van der Waals surface area contributed by atoms with Crippen LogP contribution in [-0.2, 0) is 12.3 Å². The monoisotopic (exact) mass is 340 g/mol. The average Bonchev–Trinajstić information content (AvgIpc) is 3.07. The molecule has 0 atom stereocenters. The van der Waals surface area contributed by atoms with Crippen LogP contribution < -0.4 is 5.32 Å². The van der Waals surface area contributed by atoms with E-state index >= 15 is 0 Å². The minimum Gasteiger partial charge on any atom is -0.365 e. The van der Waals surface area contributed by atoms with Gasteiger partial charge in [0.1, 0.15) is 0 Å². The first-order chi connectivity index (χ1) is 10.6. The van der Waals surface area contributed by atoms with Gasteiger partial charge in [-0.15, -0.1) is 11.3 Å². The zero-order chi connectivity index (χ0) is 15.9. The fraction of sp³-hybridized carbons (Fsp3) is 0.429. The van der Waals surface area contributed by atoms with Crippen LogP contribution in [0.25, 0.3) is 0 Å². The quantitative estimate of drug-likeness (QED) is 0.416. The molecule has 0 aliphatic rings. The maximum atomic E-state index is 10.8. The second kappa shape index (κ2) is 8.21. The van der Waals surface area contributed by atoms with Crippen LogP contribution in [0.15, 0.2) is 24.4 Å². The summed E-state index contributed by atoms with van der Waals surface area (Å²) >= 11 is 3.67. The summed E-state index contributed by atoms with van der Waals surface area (Å²) in [6.07, 6.45) is 1.57. The van der Waals surface area contributed by atoms with Crippen molar-refractivity contribution in [2.24, 2.45) is 0 Å². The Morgan fingerprint density at radius 1 is 1.36 bits per heavy atom. The van der Waals surface area contributed by atoms with Crippen molar-refractivity contribution in [3.05, 3.63) is 44.3 Å². The second-order valence-electron chi connectivity index (χ2n) is 5.08. The van der Waals surface area contributed by atoms with Gasteiger partial charge in [-0.3, -0.25) is 10.1 Å². The van der Waals surface area contributed by atoms with E-state index in [0.29, 0.717) is 12.4 Å². The number of aromatic amines is 1. The van der Waals surface area contributed by atoms with Gasteiger partial charge in [-0.05, 0) is 26.2 Å². The molecule has 2 rings (SSSR count). The average molecular weight is 340 g/mol. The third-order valence-electron chi connectivity index (χ3n) is 2.90. The van der Waals surface area contributed by atoms with Crippen LogP contribution in [0.4, 0.5) is 11.5 Å². The molecule has 120 valence electrons. The maximum absolute atomic E-state index is 10.8. The van der Waals surface area contributed by atoms with Gasteiger partial charge in [-0.25, -0.2) is 0 Å². The summed E-state index contributed by atoms with van der Waals surface area (Å²) in [5.74, 6) is 2.36. The van der Waals surface area contributed by atoms with Gasteiger partial charge in [-0.1, -0.05) is 0 Å². The van der Waals surface area contributed by atoms with Crippen LogP contribution in [0.5, 0.6) is 0 Å². The van der Waals surface area contributed by atoms with E-state index in [9.17, 15) is 10.1 Å². The molecule has 0 radical (unpaired) electrons. The second-order valence-corrected chi connectivity index (χ2v) is 7.44. The number of nitro groups is 1. The van der Waals surface area contributed by atoms with Crippen molar-refractivity contribution < 1.29 is 4.92 Å². The first kappa shape index (κ1) is 16.9. The maximum Gasteiger partial charge on any atom is 0.310 e. The fourth-order valence-electron chi connectivity index (χ4n) is 1.97. The topological polar surface area (TPSA) is 74.2 Å². The molecule has 2 aromatic heterocycles. The van der Waals surface area contributed by atoms with Gasteiger partial charge in [0.2, 0.25) is 0 Å². The molecule has 0 aliphatic heterocycles. The summed E-state index contributed by atoms with van der Waals surface area (Å²) in [6.45, 7) is 1.68. The first-order valence-electron chi connectivity index (χ1n) is 6.92. The van der Waals surface area contributed by atoms with Gasteiger partial charge in [0.25, 0.3) is 0 Å². The largest absolute Gasteiger partial charge is 0.365 e. The number of anilines is 1. The number of H-pyrrole nitrogens is 1. The number of thiophene rings is 1. The van der Waals surface area contributed by atoms with E-state index in [0.717, 1.165) is 18.1 Å². The van der Waals surface area contributed by atoms with E-state index in [4.69, 9.17) is 0 Å². The molecule has 0 saturated heterocycles. The Hall–Kier alpha value is -1.51. The molecule has 0 amide bonds. The van der Waals surface area contributed by atoms with Crippen molar-refractivity contribution in [3.63, 3.8) is 0 Å². The molecule has 6 nitrogen and oxygen atoms in total. The number of nitrogens with one attached hydrogen (secondary N) is 2. The van der Waals surface area contributed by atoms with E-state index in [1.54, 1.807) is 6.20 Å². The number of rotatable bonds is 9. The van der Waals surface area contributed by atoms with Gasteiger partial charge in [0.05, 0.1) is 4.92 Å². The summed E-state index contributed by atoms with van der Waals surface area (Å²) in [4.78, 5) is 18.1. The number of hydrogen-bond acceptors (Lipinski definition) is 6. The minimum absolute atomic E-state index is 0.0941. The molecule has 2 N–H and O–H groups in total. The van der Waals surface area contributed by atoms with E-state index < -0.39 is 0 Å². The van der Waals surface area contributed by atoms with Gasteiger partial charge in [0, 0.05) is 46.6 Å². The predicted octanol–water partition coefficient (Wildman–Crippen LogP) is 3.39. The van der Waals surface area contributed by atoms with E-state index in [1.165, 1.54) is 15.8 Å². The minimum atomic E-state index is -0.385. The van der Waals surface area contributed by atoms with Gasteiger partial charge in [-0.2, -0.15) is 11.8 Å². The van der Waals surface area contributed by atoms with Crippen LogP contribution in [0.1, 0.15) is 9.75 Å². The summed E-state index contributed by atoms with van der Waals surface area (Å²) in [6, 6.07) is 5.83. The SMILES string of the molecule is CN(C)Cc1ccc(CSCCNc2[nH]ccc2[N+](=O)[O-])s1. The highest BCUT2D eigenvalue weighted by Crippen LogP contribution is 2.23. The molecule has 0 fully saturated rings. The smallest absolute Gasteiger partial charge is 0.310 e. The molecule has 0 saturated carbocycles. The molecule has 2 heterocycles. The molecule has 8 heteroatoms. The molecule has 0 unspecified atom stereocenters. The van der Waals surface area contributed by atoms with E-state index in [-0.39, 0.29) is 10.6 Å². The Balaban J connectivity index is 1.68. The lowest BCUT2D eigenvalue weighted by atomic mass is 10.4. The lowest BCUT2D eigenvalue weighted by Crippen LogP contribution is -2.09. The van der Waals surface area contributed by atoms with E-state index in [2.05, 4.69) is 41.4 Å². The van der Waals surface area contributed by atoms with Crippen molar-refractivity contribution in [3.8, 4) is 0 Å². The van der Waals surface area contributed by atoms with Crippen molar-refractivity contribution >= 4 is 34.6 Å². The third kappa shape index (κ3) is 5.04. The highest BCUT2D eigenvalue weighted by atomic mass is 32.2. The lowest BCUT2D eigenvalue weighted by Gasteiger charge is -2.06. The summed E-state index contributed by atoms with van der Waals surface area (Å²) in [5.41, 5.74) is 0.0941. The van der Waals surface area contributed by atoms with Gasteiger partial charge < -0.3 is 15.2 Å². The van der Waals surface area contributed by atoms with Gasteiger partial charge >= 0.3 is 5.69 Å². The molecular formula is C14H20N4O2S2. The van der Waals surface area contributed by atoms with Gasteiger partial charge in [0.15, 0.2) is 5.82 Å². The van der Waals surface area contributed by atoms with Crippen molar-refractivity contribution in [1.29, 1.82) is 0 Å². The van der Waals surface area contributed by atoms with Crippen LogP contribution in [0.2, 0.25) is 0 Å². The number of hydrogen-bond donors (Lipinski definition) is 2. The molecule has 0 spiro atoms. The Kier molecular flexibility index (Phi) is 6.29. The number of thioether (sulfide) groups is 1. The van der Waals surface area contributed by atoms with Crippen LogP contribution >= 0.6 is 23.1 Å². The highest BCUT2D eigenvalue weighted by Gasteiger charge is 2.13. The Bertz CT molecular complexity index is 610. The Morgan fingerprint density at radius 2 is 2.14 bits per heavy atom. The summed E-state index contributed by atoms with van der Waals surface area (Å²) in [5, 5.41) is 13.8. The summed E-state index contributed by atoms with van der Waals surface area (Å²) < 4.78 is 0. The predicted molar refractivity (Wildman–Crippen MR) is 93.8 cm³/mol. The fourth-order valence-corrected chi connectivity index (χ4v) is 4.08. The van der Waals surface area contributed by atoms with Crippen molar-refractivity contribution in [1.82, 2.24) is 9.88 Å². The third-order valence-corrected chi connectivity index (χ3v) is 5.16. The number of aromatic nitrogens is 1. The van der Waals surface area contributed by atoms with Crippen molar-refractivity contribution in [2.75, 3.05) is 31.7 Å². The molecular weight excluding hydrogens is 320 g/mol. The Labute approximate surface area is 138 Å². The summed E-state index contributed by atoms with van der Waals surface area (Å²) in [7, 11) is 4.14. The normalized spacial score (nSPS) is 11.0. The zero-order valence-corrected chi connectivity index (χ0v) is 14.3. The van der Waals surface area contributed by atoms with E-state index in [1.807, 2.05) is 23.1 Å². The van der Waals surface area contributed by atoms with Crippen LogP contribution in [-0.4, -0.2) is 41.2 Å². The zero-order valence-electron chi connectivity index (χ0n) is 12.7. The standard InChI is InChI=1S/C14H20N4O2S2/c1-17(2)9-11-3-4-12(22-11)10-21-8-7-16-14-13(18(19)20)5-6-15-14/h3-6,15-16H,7-10H2,1-2H3. The highest BCUT2D eigenvalue weighted by molar-refractivity contribution is 7.98. The molecule has 0 aliphatic carbocycles. The molecule has 0 aromatic carbocycles. The lowest BCUT2D eigenvalue weighted by molar-refractivity contribution is -0.383. The van der Waals surface area contributed by atoms with Crippen molar-refractivity contribution in [2.45, 2.75) is 12.3 Å². The number of nitrogens with zero attached hydrogens (tertiary/aromatic N) is 2. The molecule has 22 heavy (non-hydrogen) atoms. The van der Waals surface area contributed by atoms with Crippen LogP contribution in [0, 0.1) is 10.1 Å². The van der Waals surface area contributed by atoms with Crippen LogP contribution in [0.3, 0.4) is 0 Å². The first-order valence-corrected chi connectivity index (χ1v) is 8.89. The molecule has 2 aromatic rings.